The highest BCUT2D eigenvalue weighted by Gasteiger charge is 2.20. The Bertz CT molecular complexity index is 1240. The first-order valence-corrected chi connectivity index (χ1v) is 8.48. The van der Waals surface area contributed by atoms with Crippen LogP contribution in [0, 0.1) is 6.92 Å². The van der Waals surface area contributed by atoms with E-state index in [1.165, 1.54) is 4.57 Å². The van der Waals surface area contributed by atoms with Gasteiger partial charge in [0.15, 0.2) is 17.2 Å². The van der Waals surface area contributed by atoms with Crippen LogP contribution < -0.4 is 11.4 Å². The van der Waals surface area contributed by atoms with Crippen LogP contribution in [0.4, 0.5) is 0 Å². The second-order valence-electron chi connectivity index (χ2n) is 6.04. The van der Waals surface area contributed by atoms with Crippen LogP contribution in [0.5, 0.6) is 0 Å². The molecule has 0 bridgehead atoms. The van der Waals surface area contributed by atoms with Gasteiger partial charge in [0.05, 0.1) is 10.7 Å². The molecule has 3 N–H and O–H groups in total. The summed E-state index contributed by atoms with van der Waals surface area (Å²) in [7, 11) is 0. The van der Waals surface area contributed by atoms with Crippen molar-refractivity contribution in [3.05, 3.63) is 75.3 Å². The van der Waals surface area contributed by atoms with E-state index >= 15 is 0 Å². The Morgan fingerprint density at radius 1 is 1.11 bits per heavy atom. The Labute approximate surface area is 158 Å². The summed E-state index contributed by atoms with van der Waals surface area (Å²) in [4.78, 5) is 35.9. The van der Waals surface area contributed by atoms with Gasteiger partial charge < -0.3 is 10.7 Å². The van der Waals surface area contributed by atoms with Crippen molar-refractivity contribution >= 4 is 28.7 Å². The summed E-state index contributed by atoms with van der Waals surface area (Å²) in [6, 6.07) is 14.3. The Morgan fingerprint density at radius 2 is 1.81 bits per heavy atom. The van der Waals surface area contributed by atoms with Gasteiger partial charge in [-0.2, -0.15) is 0 Å². The highest BCUT2D eigenvalue weighted by Crippen LogP contribution is 2.27. The number of nitrogens with one attached hydrogen (secondary N) is 1. The lowest BCUT2D eigenvalue weighted by Gasteiger charge is -2.07. The van der Waals surface area contributed by atoms with Gasteiger partial charge in [0.1, 0.15) is 5.52 Å². The largest absolute Gasteiger partial charge is 0.364 e. The number of primary amides is 1. The maximum Gasteiger partial charge on any atom is 0.332 e. The van der Waals surface area contributed by atoms with Crippen LogP contribution in [-0.2, 0) is 0 Å². The quantitative estimate of drug-likeness (QED) is 0.570. The minimum absolute atomic E-state index is 0.0714. The van der Waals surface area contributed by atoms with Crippen LogP contribution in [0.25, 0.3) is 28.2 Å². The van der Waals surface area contributed by atoms with Gasteiger partial charge in [0.25, 0.3) is 5.91 Å². The molecule has 7 nitrogen and oxygen atoms in total. The molecular formula is C19H14ClN5O2. The second-order valence-corrected chi connectivity index (χ2v) is 6.45. The molecule has 134 valence electrons. The third-order valence-corrected chi connectivity index (χ3v) is 4.51. The van der Waals surface area contributed by atoms with Crippen LogP contribution in [0.1, 0.15) is 16.1 Å². The van der Waals surface area contributed by atoms with E-state index in [0.29, 0.717) is 16.3 Å². The number of nitrogens with zero attached hydrogens (tertiary/aromatic N) is 3. The molecule has 27 heavy (non-hydrogen) atoms. The monoisotopic (exact) mass is 379 g/mol. The van der Waals surface area contributed by atoms with Gasteiger partial charge in [0, 0.05) is 5.56 Å². The van der Waals surface area contributed by atoms with Crippen molar-refractivity contribution in [1.29, 1.82) is 0 Å². The van der Waals surface area contributed by atoms with E-state index in [1.807, 2.05) is 19.1 Å². The average Bonchev–Trinajstić information content (AvgIpc) is 2.97. The number of imidazole rings is 1. The molecule has 0 saturated carbocycles. The number of carbonyl (C=O) groups is 1. The third kappa shape index (κ3) is 2.88. The SMILES string of the molecule is Cc1ccc(-n2c(=O)[nH]c3c(C(N)=O)nc(-c4ccccc4Cl)nc32)cc1. The summed E-state index contributed by atoms with van der Waals surface area (Å²) in [6.45, 7) is 1.95. The van der Waals surface area contributed by atoms with Gasteiger partial charge in [0.2, 0.25) is 0 Å². The summed E-state index contributed by atoms with van der Waals surface area (Å²) in [5, 5.41) is 0.423. The number of carbonyl (C=O) groups excluding carboxylic acids is 1. The molecule has 0 saturated heterocycles. The predicted molar refractivity (Wildman–Crippen MR) is 103 cm³/mol. The van der Waals surface area contributed by atoms with Crippen LogP contribution >= 0.6 is 11.6 Å². The highest BCUT2D eigenvalue weighted by molar-refractivity contribution is 6.33. The van der Waals surface area contributed by atoms with Crippen LogP contribution in [0.2, 0.25) is 5.02 Å². The molecule has 0 aliphatic heterocycles. The zero-order chi connectivity index (χ0) is 19.1. The average molecular weight is 380 g/mol. The van der Waals surface area contributed by atoms with Gasteiger partial charge in [-0.05, 0) is 31.2 Å². The van der Waals surface area contributed by atoms with Gasteiger partial charge in [-0.25, -0.2) is 19.3 Å². The molecule has 8 heteroatoms. The number of nitrogens with two attached hydrogens (primary N) is 1. The Morgan fingerprint density at radius 3 is 2.48 bits per heavy atom. The first-order chi connectivity index (χ1) is 13.0. The molecule has 0 radical (unpaired) electrons. The first kappa shape index (κ1) is 17.0. The van der Waals surface area contributed by atoms with E-state index in [0.717, 1.165) is 5.56 Å². The van der Waals surface area contributed by atoms with Crippen molar-refractivity contribution in [2.24, 2.45) is 5.73 Å². The number of fused-ring (bicyclic) bond motifs is 1. The molecule has 2 aromatic heterocycles. The molecule has 2 heterocycles. The molecule has 0 atom stereocenters. The van der Waals surface area contributed by atoms with E-state index in [2.05, 4.69) is 15.0 Å². The fourth-order valence-corrected chi connectivity index (χ4v) is 3.08. The number of halogens is 1. The van der Waals surface area contributed by atoms with Crippen molar-refractivity contribution in [1.82, 2.24) is 19.5 Å². The lowest BCUT2D eigenvalue weighted by Crippen LogP contribution is -2.15. The van der Waals surface area contributed by atoms with Gasteiger partial charge in [-0.15, -0.1) is 0 Å². The van der Waals surface area contributed by atoms with Crippen molar-refractivity contribution in [2.45, 2.75) is 6.92 Å². The lowest BCUT2D eigenvalue weighted by molar-refractivity contribution is 0.0997. The van der Waals surface area contributed by atoms with Gasteiger partial charge in [-0.3, -0.25) is 4.79 Å². The van der Waals surface area contributed by atoms with Crippen molar-refractivity contribution < 1.29 is 4.79 Å². The zero-order valence-electron chi connectivity index (χ0n) is 14.2. The number of aryl methyl sites for hydroxylation is 1. The summed E-state index contributed by atoms with van der Waals surface area (Å²) in [5.41, 5.74) is 7.61. The molecule has 0 aliphatic rings. The van der Waals surface area contributed by atoms with Crippen LogP contribution in [-0.4, -0.2) is 25.4 Å². The lowest BCUT2D eigenvalue weighted by atomic mass is 10.2. The molecule has 1 amide bonds. The minimum Gasteiger partial charge on any atom is -0.364 e. The van der Waals surface area contributed by atoms with Crippen molar-refractivity contribution in [3.8, 4) is 17.1 Å². The van der Waals surface area contributed by atoms with E-state index in [-0.39, 0.29) is 22.7 Å². The number of rotatable bonds is 3. The molecule has 0 spiro atoms. The number of aromatic nitrogens is 4. The van der Waals surface area contributed by atoms with E-state index < -0.39 is 11.6 Å². The Hall–Kier alpha value is -3.45. The van der Waals surface area contributed by atoms with E-state index in [1.54, 1.807) is 36.4 Å². The number of aromatic amines is 1. The standard InChI is InChI=1S/C19H14ClN5O2/c1-10-6-8-11(9-7-10)25-18-15(23-19(25)27)14(16(21)26)22-17(24-18)12-4-2-3-5-13(12)20/h2-9H,1H3,(H2,21,26)(H,23,27). The molecule has 2 aromatic carbocycles. The highest BCUT2D eigenvalue weighted by atomic mass is 35.5. The van der Waals surface area contributed by atoms with Crippen molar-refractivity contribution in [2.75, 3.05) is 0 Å². The number of hydrogen-bond donors (Lipinski definition) is 2. The fraction of sp³-hybridized carbons (Fsp3) is 0.0526. The summed E-state index contributed by atoms with van der Waals surface area (Å²) >= 11 is 6.25. The molecule has 0 fully saturated rings. The molecule has 4 rings (SSSR count). The van der Waals surface area contributed by atoms with E-state index in [9.17, 15) is 9.59 Å². The smallest absolute Gasteiger partial charge is 0.332 e. The Kier molecular flexibility index (Phi) is 4.01. The number of amides is 1. The first-order valence-electron chi connectivity index (χ1n) is 8.10. The Balaban J connectivity index is 2.08. The normalized spacial score (nSPS) is 11.0. The van der Waals surface area contributed by atoms with Crippen LogP contribution in [0.3, 0.4) is 0 Å². The summed E-state index contributed by atoms with van der Waals surface area (Å²) in [6.07, 6.45) is 0. The maximum absolute atomic E-state index is 12.6. The minimum atomic E-state index is -0.770. The third-order valence-electron chi connectivity index (χ3n) is 4.18. The second kappa shape index (κ2) is 6.37. The summed E-state index contributed by atoms with van der Waals surface area (Å²) < 4.78 is 1.38. The van der Waals surface area contributed by atoms with Crippen molar-refractivity contribution in [3.63, 3.8) is 0 Å². The summed E-state index contributed by atoms with van der Waals surface area (Å²) in [5.74, 6) is -0.560. The number of benzene rings is 2. The van der Waals surface area contributed by atoms with E-state index in [4.69, 9.17) is 17.3 Å². The maximum atomic E-state index is 12.6. The zero-order valence-corrected chi connectivity index (χ0v) is 15.0. The molecule has 0 aliphatic carbocycles. The predicted octanol–water partition coefficient (Wildman–Crippen LogP) is 2.84. The van der Waals surface area contributed by atoms with Crippen LogP contribution in [0.15, 0.2) is 53.3 Å². The molecular weight excluding hydrogens is 366 g/mol. The number of hydrogen-bond acceptors (Lipinski definition) is 4. The van der Waals surface area contributed by atoms with Gasteiger partial charge in [-0.1, -0.05) is 41.4 Å². The topological polar surface area (TPSA) is 107 Å². The van der Waals surface area contributed by atoms with Gasteiger partial charge >= 0.3 is 5.69 Å². The number of H-pyrrole nitrogens is 1. The molecule has 0 unspecified atom stereocenters. The molecule has 4 aromatic rings. The fourth-order valence-electron chi connectivity index (χ4n) is 2.86.